The summed E-state index contributed by atoms with van der Waals surface area (Å²) in [5.41, 5.74) is 2.92. The number of aromatic hydroxyl groups is 1. The maximum absolute atomic E-state index is 12.1. The van der Waals surface area contributed by atoms with E-state index in [9.17, 15) is 9.90 Å². The van der Waals surface area contributed by atoms with E-state index < -0.39 is 0 Å². The highest BCUT2D eigenvalue weighted by atomic mass is 16.5. The molecule has 1 aliphatic heterocycles. The van der Waals surface area contributed by atoms with Gasteiger partial charge in [-0.2, -0.15) is 0 Å². The highest BCUT2D eigenvalue weighted by Crippen LogP contribution is 2.35. The third kappa shape index (κ3) is 5.63. The first kappa shape index (κ1) is 25.5. The molecule has 2 aromatic carbocycles. The highest BCUT2D eigenvalue weighted by Gasteiger charge is 2.35. The van der Waals surface area contributed by atoms with Crippen molar-refractivity contribution in [1.29, 1.82) is 0 Å². The lowest BCUT2D eigenvalue weighted by Crippen LogP contribution is -2.57. The standard InChI is InChI=1S/C27H34N6O3/c1-5-13-31-16-20(4)32(17-19(31)3)26(22-10-8-12-24(34)15-22)21-9-7-11-23(14-21)27-28-29-30-33(27)18-25(35)36-6-2/h5,7-12,14-15,19-20,26,34H,1,6,13,16-18H2,2-4H3/p+1/t19-,20+,26-/m1/s1. The Labute approximate surface area is 212 Å². The molecule has 1 saturated heterocycles. The number of hydrogen-bond acceptors (Lipinski definition) is 7. The Bertz CT molecular complexity index is 1200. The number of tetrazole rings is 1. The molecule has 1 fully saturated rings. The number of nitrogens with one attached hydrogen (secondary N) is 1. The Morgan fingerprint density at radius 1 is 1.22 bits per heavy atom. The topological polar surface area (TPSA) is 98.5 Å². The molecule has 0 amide bonds. The molecule has 4 rings (SSSR count). The van der Waals surface area contributed by atoms with Crippen molar-refractivity contribution in [3.8, 4) is 17.1 Å². The van der Waals surface area contributed by atoms with Crippen LogP contribution in [0.3, 0.4) is 0 Å². The molecule has 0 bridgehead atoms. The number of rotatable bonds is 9. The van der Waals surface area contributed by atoms with Crippen molar-refractivity contribution in [1.82, 2.24) is 25.3 Å². The number of phenols is 1. The molecule has 9 heteroatoms. The lowest BCUT2D eigenvalue weighted by molar-refractivity contribution is -0.734. The number of H-pyrrole nitrogens is 1. The summed E-state index contributed by atoms with van der Waals surface area (Å²) in [6, 6.07) is 16.1. The summed E-state index contributed by atoms with van der Waals surface area (Å²) < 4.78 is 6.67. The first-order valence-electron chi connectivity index (χ1n) is 12.4. The van der Waals surface area contributed by atoms with Crippen LogP contribution in [0.4, 0.5) is 0 Å². The molecule has 2 heterocycles. The Kier molecular flexibility index (Phi) is 8.12. The second-order valence-electron chi connectivity index (χ2n) is 9.28. The van der Waals surface area contributed by atoms with Crippen molar-refractivity contribution in [2.24, 2.45) is 0 Å². The van der Waals surface area contributed by atoms with Gasteiger partial charge < -0.3 is 9.84 Å². The molecule has 3 aromatic rings. The van der Waals surface area contributed by atoms with Crippen LogP contribution in [-0.2, 0) is 16.1 Å². The van der Waals surface area contributed by atoms with Gasteiger partial charge in [-0.3, -0.25) is 9.80 Å². The van der Waals surface area contributed by atoms with Crippen LogP contribution in [0.2, 0.25) is 0 Å². The van der Waals surface area contributed by atoms with Crippen LogP contribution in [-0.4, -0.2) is 74.7 Å². The average molecular weight is 492 g/mol. The molecule has 9 nitrogen and oxygen atoms in total. The van der Waals surface area contributed by atoms with Crippen molar-refractivity contribution in [2.45, 2.75) is 45.4 Å². The number of benzene rings is 2. The Hall–Kier alpha value is -3.56. The van der Waals surface area contributed by atoms with Crippen LogP contribution in [0.1, 0.15) is 37.9 Å². The van der Waals surface area contributed by atoms with Crippen LogP contribution < -0.4 is 4.68 Å². The fraction of sp³-hybridized carbons (Fsp3) is 0.407. The van der Waals surface area contributed by atoms with Gasteiger partial charge in [0, 0.05) is 31.7 Å². The Morgan fingerprint density at radius 3 is 2.69 bits per heavy atom. The molecule has 0 aliphatic carbocycles. The van der Waals surface area contributed by atoms with Gasteiger partial charge in [0.05, 0.1) is 18.2 Å². The fourth-order valence-electron chi connectivity index (χ4n) is 5.01. The number of hydrogen-bond donors (Lipinski definition) is 2. The summed E-state index contributed by atoms with van der Waals surface area (Å²) >= 11 is 0. The SMILES string of the molecule is C=CCN1C[C@H](C)N([C@@H](c2cccc(O)c2)c2cccc(-c3nn[nH][n+]3CC(=O)OCC)c2)C[C@H]1C. The van der Waals surface area contributed by atoms with Gasteiger partial charge >= 0.3 is 11.8 Å². The van der Waals surface area contributed by atoms with Crippen LogP contribution in [0.25, 0.3) is 11.4 Å². The minimum absolute atomic E-state index is 0.00377. The maximum Gasteiger partial charge on any atom is 0.342 e. The van der Waals surface area contributed by atoms with Gasteiger partial charge in [-0.25, -0.2) is 4.79 Å². The van der Waals surface area contributed by atoms with Gasteiger partial charge in [0.15, 0.2) is 11.8 Å². The molecule has 1 aliphatic rings. The number of esters is 1. The van der Waals surface area contributed by atoms with E-state index in [0.29, 0.717) is 18.5 Å². The number of carbonyl (C=O) groups is 1. The molecule has 190 valence electrons. The van der Waals surface area contributed by atoms with Crippen molar-refractivity contribution in [3.05, 3.63) is 72.3 Å². The summed E-state index contributed by atoms with van der Waals surface area (Å²) in [4.78, 5) is 17.0. The van der Waals surface area contributed by atoms with Crippen LogP contribution in [0.5, 0.6) is 5.75 Å². The predicted molar refractivity (Wildman–Crippen MR) is 136 cm³/mol. The summed E-state index contributed by atoms with van der Waals surface area (Å²) in [6.45, 7) is 13.1. The zero-order chi connectivity index (χ0) is 25.7. The second kappa shape index (κ2) is 11.5. The molecule has 0 unspecified atom stereocenters. The van der Waals surface area contributed by atoms with Gasteiger partial charge in [-0.05, 0) is 56.2 Å². The zero-order valence-corrected chi connectivity index (χ0v) is 21.2. The summed E-state index contributed by atoms with van der Waals surface area (Å²) in [7, 11) is 0. The monoisotopic (exact) mass is 491 g/mol. The van der Waals surface area contributed by atoms with Gasteiger partial charge in [0.25, 0.3) is 0 Å². The molecule has 0 spiro atoms. The predicted octanol–water partition coefficient (Wildman–Crippen LogP) is 2.70. The molecule has 1 aromatic heterocycles. The fourth-order valence-corrected chi connectivity index (χ4v) is 5.01. The number of phenolic OH excluding ortho intramolecular Hbond substituents is 1. The summed E-state index contributed by atoms with van der Waals surface area (Å²) in [6.07, 6.45) is 1.96. The van der Waals surface area contributed by atoms with E-state index in [4.69, 9.17) is 4.74 Å². The van der Waals surface area contributed by atoms with Gasteiger partial charge in [0.1, 0.15) is 10.8 Å². The van der Waals surface area contributed by atoms with E-state index in [2.05, 4.69) is 64.0 Å². The normalized spacial score (nSPS) is 19.6. The minimum atomic E-state index is -0.358. The lowest BCUT2D eigenvalue weighted by atomic mass is 9.92. The number of nitrogens with zero attached hydrogens (tertiary/aromatic N) is 5. The van der Waals surface area contributed by atoms with E-state index in [1.54, 1.807) is 17.7 Å². The minimum Gasteiger partial charge on any atom is -0.508 e. The van der Waals surface area contributed by atoms with Crippen molar-refractivity contribution in [2.75, 3.05) is 26.2 Å². The van der Waals surface area contributed by atoms with Crippen LogP contribution in [0, 0.1) is 0 Å². The lowest BCUT2D eigenvalue weighted by Gasteiger charge is -2.47. The number of carbonyl (C=O) groups excluding carboxylic acids is 1. The molecular formula is C27H35N6O3+. The molecule has 0 radical (unpaired) electrons. The third-order valence-electron chi connectivity index (χ3n) is 6.66. The quantitative estimate of drug-likeness (QED) is 0.270. The van der Waals surface area contributed by atoms with E-state index in [1.807, 2.05) is 30.3 Å². The first-order chi connectivity index (χ1) is 17.4. The van der Waals surface area contributed by atoms with E-state index in [-0.39, 0.29) is 30.3 Å². The van der Waals surface area contributed by atoms with Gasteiger partial charge in [-0.1, -0.05) is 35.6 Å². The van der Waals surface area contributed by atoms with E-state index in [0.717, 1.165) is 36.3 Å². The maximum atomic E-state index is 12.1. The van der Waals surface area contributed by atoms with Crippen LogP contribution >= 0.6 is 0 Å². The number of aromatic nitrogens is 4. The van der Waals surface area contributed by atoms with E-state index >= 15 is 0 Å². The third-order valence-corrected chi connectivity index (χ3v) is 6.66. The van der Waals surface area contributed by atoms with Crippen molar-refractivity contribution < 1.29 is 19.3 Å². The molecular weight excluding hydrogens is 456 g/mol. The molecule has 36 heavy (non-hydrogen) atoms. The molecule has 3 atom stereocenters. The first-order valence-corrected chi connectivity index (χ1v) is 12.4. The molecule has 0 saturated carbocycles. The average Bonchev–Trinajstić information content (AvgIpc) is 3.31. The van der Waals surface area contributed by atoms with Gasteiger partial charge in [0.2, 0.25) is 0 Å². The van der Waals surface area contributed by atoms with E-state index in [1.165, 1.54) is 0 Å². The Balaban J connectivity index is 1.72. The number of piperazine rings is 1. The summed E-state index contributed by atoms with van der Waals surface area (Å²) in [5.74, 6) is 0.434. The largest absolute Gasteiger partial charge is 0.508 e. The smallest absolute Gasteiger partial charge is 0.342 e. The van der Waals surface area contributed by atoms with Crippen LogP contribution in [0.15, 0.2) is 61.2 Å². The second-order valence-corrected chi connectivity index (χ2v) is 9.28. The highest BCUT2D eigenvalue weighted by molar-refractivity contribution is 5.67. The number of ether oxygens (including phenoxy) is 1. The number of aromatic amines is 1. The van der Waals surface area contributed by atoms with Crippen molar-refractivity contribution >= 4 is 5.97 Å². The zero-order valence-electron chi connectivity index (χ0n) is 21.2. The Morgan fingerprint density at radius 2 is 1.97 bits per heavy atom. The van der Waals surface area contributed by atoms with Gasteiger partial charge in [-0.15, -0.1) is 11.3 Å². The van der Waals surface area contributed by atoms with Crippen molar-refractivity contribution in [3.63, 3.8) is 0 Å². The summed E-state index contributed by atoms with van der Waals surface area (Å²) in [5, 5.41) is 21.2. The molecule has 2 N–H and O–H groups in total.